The van der Waals surface area contributed by atoms with Gasteiger partial charge in [-0.2, -0.15) is 0 Å². The fraction of sp³-hybridized carbons (Fsp3) is 0.400. The van der Waals surface area contributed by atoms with Gasteiger partial charge in [0, 0.05) is 16.6 Å². The quantitative estimate of drug-likeness (QED) is 0.865. The van der Waals surface area contributed by atoms with E-state index in [4.69, 9.17) is 4.52 Å². The van der Waals surface area contributed by atoms with Gasteiger partial charge in [0.1, 0.15) is 5.69 Å². The lowest BCUT2D eigenvalue weighted by Crippen LogP contribution is -2.12. The van der Waals surface area contributed by atoms with E-state index in [1.54, 1.807) is 6.20 Å². The lowest BCUT2D eigenvalue weighted by Gasteiger charge is -2.18. The van der Waals surface area contributed by atoms with Crippen molar-refractivity contribution in [2.75, 3.05) is 11.9 Å². The first-order valence-electron chi connectivity index (χ1n) is 6.40. The number of aromatic nitrogens is 1. The molecule has 1 heterocycles. The highest BCUT2D eigenvalue weighted by Crippen LogP contribution is 2.29. The normalized spacial score (nSPS) is 11.6. The number of nitrogens with one attached hydrogen (secondary N) is 1. The number of halogens is 1. The highest BCUT2D eigenvalue weighted by atomic mass is 79.9. The topological polar surface area (TPSA) is 38.1 Å². The molecule has 0 saturated carbocycles. The Morgan fingerprint density at radius 2 is 1.89 bits per heavy atom. The summed E-state index contributed by atoms with van der Waals surface area (Å²) in [4.78, 5) is 0. The van der Waals surface area contributed by atoms with Crippen LogP contribution in [0.5, 0.6) is 0 Å². The van der Waals surface area contributed by atoms with Crippen LogP contribution in [0.4, 0.5) is 5.69 Å². The van der Waals surface area contributed by atoms with Crippen molar-refractivity contribution in [2.24, 2.45) is 5.41 Å². The predicted octanol–water partition coefficient (Wildman–Crippen LogP) is 4.95. The van der Waals surface area contributed by atoms with Crippen LogP contribution in [-0.2, 0) is 0 Å². The van der Waals surface area contributed by atoms with Gasteiger partial charge in [0.2, 0.25) is 0 Å². The Balaban J connectivity index is 2.07. The van der Waals surface area contributed by atoms with E-state index in [-0.39, 0.29) is 0 Å². The Labute approximate surface area is 122 Å². The Bertz CT molecular complexity index is 526. The molecular formula is C15H19BrN2O. The number of anilines is 1. The van der Waals surface area contributed by atoms with Crippen molar-refractivity contribution in [3.05, 3.63) is 34.9 Å². The minimum Gasteiger partial charge on any atom is -0.381 e. The summed E-state index contributed by atoms with van der Waals surface area (Å²) in [5.74, 6) is 0.793. The third-order valence-electron chi connectivity index (χ3n) is 2.87. The molecule has 1 aromatic heterocycles. The van der Waals surface area contributed by atoms with Gasteiger partial charge in [0.15, 0.2) is 5.76 Å². The van der Waals surface area contributed by atoms with Crippen LogP contribution >= 0.6 is 15.9 Å². The van der Waals surface area contributed by atoms with E-state index in [1.165, 1.54) is 0 Å². The second-order valence-electron chi connectivity index (χ2n) is 5.81. The fourth-order valence-electron chi connectivity index (χ4n) is 1.75. The zero-order valence-corrected chi connectivity index (χ0v) is 13.1. The second kappa shape index (κ2) is 5.78. The van der Waals surface area contributed by atoms with Gasteiger partial charge >= 0.3 is 0 Å². The maximum Gasteiger partial charge on any atom is 0.189 e. The lowest BCUT2D eigenvalue weighted by atomic mass is 9.92. The molecule has 0 aliphatic heterocycles. The largest absolute Gasteiger partial charge is 0.381 e. The van der Waals surface area contributed by atoms with Crippen LogP contribution in [0.3, 0.4) is 0 Å². The average molecular weight is 323 g/mol. The van der Waals surface area contributed by atoms with Gasteiger partial charge in [-0.1, -0.05) is 41.9 Å². The van der Waals surface area contributed by atoms with Gasteiger partial charge in [-0.15, -0.1) is 0 Å². The molecule has 0 fully saturated rings. The molecule has 102 valence electrons. The number of hydrogen-bond acceptors (Lipinski definition) is 3. The first kappa shape index (κ1) is 14.1. The third kappa shape index (κ3) is 4.10. The minimum atomic E-state index is 0.321. The van der Waals surface area contributed by atoms with Crippen LogP contribution in [0.1, 0.15) is 27.2 Å². The molecule has 4 heteroatoms. The van der Waals surface area contributed by atoms with E-state index >= 15 is 0 Å². The molecule has 1 N–H and O–H groups in total. The Morgan fingerprint density at radius 1 is 1.21 bits per heavy atom. The molecule has 3 nitrogen and oxygen atoms in total. The molecule has 0 aliphatic carbocycles. The maximum atomic E-state index is 5.35. The van der Waals surface area contributed by atoms with Gasteiger partial charge in [-0.3, -0.25) is 0 Å². The standard InChI is InChI=1S/C15H19BrN2O/c1-15(2,3)8-9-17-13-10-18-19-14(13)11-4-6-12(16)7-5-11/h4-7,10,17H,8-9H2,1-3H3. The molecule has 2 rings (SSSR count). The van der Waals surface area contributed by atoms with Crippen molar-refractivity contribution in [1.29, 1.82) is 0 Å². The second-order valence-corrected chi connectivity index (χ2v) is 6.73. The molecule has 0 radical (unpaired) electrons. The maximum absolute atomic E-state index is 5.35. The van der Waals surface area contributed by atoms with Crippen LogP contribution < -0.4 is 5.32 Å². The Morgan fingerprint density at radius 3 is 2.53 bits per heavy atom. The summed E-state index contributed by atoms with van der Waals surface area (Å²) in [6.07, 6.45) is 2.83. The molecule has 1 aromatic carbocycles. The van der Waals surface area contributed by atoms with Crippen LogP contribution in [0.2, 0.25) is 0 Å². The number of nitrogens with zero attached hydrogens (tertiary/aromatic N) is 1. The summed E-state index contributed by atoms with van der Waals surface area (Å²) >= 11 is 3.43. The molecule has 2 aromatic rings. The first-order valence-corrected chi connectivity index (χ1v) is 7.19. The highest BCUT2D eigenvalue weighted by Gasteiger charge is 2.13. The van der Waals surface area contributed by atoms with E-state index in [0.717, 1.165) is 34.4 Å². The molecule has 0 atom stereocenters. The minimum absolute atomic E-state index is 0.321. The summed E-state index contributed by atoms with van der Waals surface area (Å²) in [7, 11) is 0. The van der Waals surface area contributed by atoms with Crippen molar-refractivity contribution in [1.82, 2.24) is 5.16 Å². The van der Waals surface area contributed by atoms with Gasteiger partial charge in [-0.05, 0) is 36.1 Å². The number of benzene rings is 1. The van der Waals surface area contributed by atoms with Crippen LogP contribution in [0, 0.1) is 5.41 Å². The van der Waals surface area contributed by atoms with E-state index in [1.807, 2.05) is 24.3 Å². The van der Waals surface area contributed by atoms with E-state index in [2.05, 4.69) is 47.2 Å². The summed E-state index contributed by atoms with van der Waals surface area (Å²) in [6.45, 7) is 7.61. The number of hydrogen-bond donors (Lipinski definition) is 1. The summed E-state index contributed by atoms with van der Waals surface area (Å²) in [6, 6.07) is 8.02. The van der Waals surface area contributed by atoms with Gasteiger partial charge in [0.05, 0.1) is 6.20 Å². The molecule has 0 unspecified atom stereocenters. The zero-order chi connectivity index (χ0) is 13.9. The van der Waals surface area contributed by atoms with Crippen molar-refractivity contribution in [2.45, 2.75) is 27.2 Å². The first-order chi connectivity index (χ1) is 8.96. The molecular weight excluding hydrogens is 304 g/mol. The molecule has 0 amide bonds. The summed E-state index contributed by atoms with van der Waals surface area (Å²) in [5.41, 5.74) is 2.30. The molecule has 0 bridgehead atoms. The van der Waals surface area contributed by atoms with E-state index in [0.29, 0.717) is 5.41 Å². The van der Waals surface area contributed by atoms with Crippen LogP contribution in [0.25, 0.3) is 11.3 Å². The molecule has 19 heavy (non-hydrogen) atoms. The van der Waals surface area contributed by atoms with Gasteiger partial charge in [-0.25, -0.2) is 0 Å². The third-order valence-corrected chi connectivity index (χ3v) is 3.40. The monoisotopic (exact) mass is 322 g/mol. The summed E-state index contributed by atoms with van der Waals surface area (Å²) in [5, 5.41) is 7.28. The fourth-order valence-corrected chi connectivity index (χ4v) is 2.01. The van der Waals surface area contributed by atoms with Crippen LogP contribution in [-0.4, -0.2) is 11.7 Å². The van der Waals surface area contributed by atoms with E-state index in [9.17, 15) is 0 Å². The van der Waals surface area contributed by atoms with Crippen molar-refractivity contribution in [3.63, 3.8) is 0 Å². The van der Waals surface area contributed by atoms with E-state index < -0.39 is 0 Å². The Hall–Kier alpha value is -1.29. The van der Waals surface area contributed by atoms with Crippen molar-refractivity contribution in [3.8, 4) is 11.3 Å². The van der Waals surface area contributed by atoms with Crippen LogP contribution in [0.15, 0.2) is 39.5 Å². The summed E-state index contributed by atoms with van der Waals surface area (Å²) < 4.78 is 6.40. The van der Waals surface area contributed by atoms with Gasteiger partial charge < -0.3 is 9.84 Å². The lowest BCUT2D eigenvalue weighted by molar-refractivity contribution is 0.389. The molecule has 0 aliphatic rings. The number of rotatable bonds is 4. The molecule has 0 spiro atoms. The van der Waals surface area contributed by atoms with Crippen molar-refractivity contribution >= 4 is 21.6 Å². The van der Waals surface area contributed by atoms with Gasteiger partial charge in [0.25, 0.3) is 0 Å². The Kier molecular flexibility index (Phi) is 4.30. The smallest absolute Gasteiger partial charge is 0.189 e. The molecule has 0 saturated heterocycles. The predicted molar refractivity (Wildman–Crippen MR) is 82.2 cm³/mol. The SMILES string of the molecule is CC(C)(C)CCNc1cnoc1-c1ccc(Br)cc1. The average Bonchev–Trinajstić information content (AvgIpc) is 2.77. The van der Waals surface area contributed by atoms with Crippen molar-refractivity contribution < 1.29 is 4.52 Å². The highest BCUT2D eigenvalue weighted by molar-refractivity contribution is 9.10. The zero-order valence-electron chi connectivity index (χ0n) is 11.5.